The van der Waals surface area contributed by atoms with Gasteiger partial charge in [-0.15, -0.1) is 0 Å². The average Bonchev–Trinajstić information content (AvgIpc) is 2.33. The molecule has 0 atom stereocenters. The zero-order chi connectivity index (χ0) is 9.47. The molecule has 0 bridgehead atoms. The topological polar surface area (TPSA) is 9.23 Å². The summed E-state index contributed by atoms with van der Waals surface area (Å²) in [5.41, 5.74) is 2.86. The third-order valence-electron chi connectivity index (χ3n) is 2.74. The van der Waals surface area contributed by atoms with Gasteiger partial charge in [-0.25, -0.2) is 0 Å². The molecule has 0 aromatic rings. The van der Waals surface area contributed by atoms with Gasteiger partial charge in [0.15, 0.2) is 0 Å². The van der Waals surface area contributed by atoms with Crippen LogP contribution in [0.15, 0.2) is 35.3 Å². The number of rotatable bonds is 1. The van der Waals surface area contributed by atoms with Crippen LogP contribution in [-0.4, -0.2) is 5.75 Å². The van der Waals surface area contributed by atoms with Gasteiger partial charge in [0.05, 0.1) is 6.26 Å². The van der Waals surface area contributed by atoms with E-state index in [4.69, 9.17) is 4.74 Å². The van der Waals surface area contributed by atoms with E-state index in [-0.39, 0.29) is 5.41 Å². The van der Waals surface area contributed by atoms with E-state index in [1.165, 1.54) is 11.1 Å². The standard InChI is InChI=1S/C11H14OS/c1-11(2)6-8-4-3-5-12-10(8)9(11)7-13/h3-5,13H,6-7H2,1-2H3. The molecule has 1 heterocycles. The van der Waals surface area contributed by atoms with Gasteiger partial charge in [-0.2, -0.15) is 12.6 Å². The van der Waals surface area contributed by atoms with Crippen LogP contribution in [0.2, 0.25) is 0 Å². The van der Waals surface area contributed by atoms with Crippen LogP contribution in [0.5, 0.6) is 0 Å². The molecule has 0 spiro atoms. The van der Waals surface area contributed by atoms with Crippen molar-refractivity contribution in [2.24, 2.45) is 5.41 Å². The highest BCUT2D eigenvalue weighted by Crippen LogP contribution is 2.47. The van der Waals surface area contributed by atoms with Crippen LogP contribution >= 0.6 is 12.6 Å². The number of allylic oxidation sites excluding steroid dienone is 3. The normalized spacial score (nSPS) is 24.1. The average molecular weight is 194 g/mol. The Morgan fingerprint density at radius 3 is 3.00 bits per heavy atom. The number of hydrogen-bond acceptors (Lipinski definition) is 2. The predicted molar refractivity (Wildman–Crippen MR) is 57.6 cm³/mol. The summed E-state index contributed by atoms with van der Waals surface area (Å²) in [4.78, 5) is 0. The zero-order valence-corrected chi connectivity index (χ0v) is 8.90. The van der Waals surface area contributed by atoms with E-state index in [1.807, 2.05) is 6.08 Å². The van der Waals surface area contributed by atoms with Gasteiger partial charge >= 0.3 is 0 Å². The van der Waals surface area contributed by atoms with Crippen molar-refractivity contribution in [3.63, 3.8) is 0 Å². The van der Waals surface area contributed by atoms with E-state index >= 15 is 0 Å². The first-order valence-corrected chi connectivity index (χ1v) is 5.15. The first-order chi connectivity index (χ1) is 6.15. The molecule has 1 nitrogen and oxygen atoms in total. The molecule has 2 aliphatic rings. The molecule has 0 radical (unpaired) electrons. The minimum Gasteiger partial charge on any atom is -0.465 e. The van der Waals surface area contributed by atoms with Crippen molar-refractivity contribution in [1.82, 2.24) is 0 Å². The lowest BCUT2D eigenvalue weighted by molar-refractivity contribution is 0.354. The van der Waals surface area contributed by atoms with Crippen molar-refractivity contribution in [2.45, 2.75) is 20.3 Å². The number of hydrogen-bond donors (Lipinski definition) is 1. The monoisotopic (exact) mass is 194 g/mol. The lowest BCUT2D eigenvalue weighted by Crippen LogP contribution is -2.11. The Morgan fingerprint density at radius 1 is 1.54 bits per heavy atom. The van der Waals surface area contributed by atoms with E-state index in [0.717, 1.165) is 17.9 Å². The third kappa shape index (κ3) is 1.33. The zero-order valence-electron chi connectivity index (χ0n) is 8.00. The molecular weight excluding hydrogens is 180 g/mol. The summed E-state index contributed by atoms with van der Waals surface area (Å²) < 4.78 is 5.52. The largest absolute Gasteiger partial charge is 0.465 e. The predicted octanol–water partition coefficient (Wildman–Crippen LogP) is 3.07. The van der Waals surface area contributed by atoms with Gasteiger partial charge in [0, 0.05) is 5.75 Å². The molecule has 0 N–H and O–H groups in total. The van der Waals surface area contributed by atoms with E-state index in [2.05, 4.69) is 32.6 Å². The van der Waals surface area contributed by atoms with Gasteiger partial charge in [-0.3, -0.25) is 0 Å². The van der Waals surface area contributed by atoms with E-state index in [0.29, 0.717) is 0 Å². The fourth-order valence-corrected chi connectivity index (χ4v) is 2.57. The first kappa shape index (κ1) is 8.95. The lowest BCUT2D eigenvalue weighted by Gasteiger charge is -2.19. The molecule has 0 fully saturated rings. The minimum atomic E-state index is 0.217. The molecule has 0 saturated carbocycles. The first-order valence-electron chi connectivity index (χ1n) is 4.52. The van der Waals surface area contributed by atoms with Crippen LogP contribution in [0, 0.1) is 5.41 Å². The van der Waals surface area contributed by atoms with E-state index in [9.17, 15) is 0 Å². The minimum absolute atomic E-state index is 0.217. The van der Waals surface area contributed by atoms with E-state index in [1.54, 1.807) is 6.26 Å². The van der Waals surface area contributed by atoms with Crippen LogP contribution in [0.3, 0.4) is 0 Å². The van der Waals surface area contributed by atoms with Crippen molar-refractivity contribution in [1.29, 1.82) is 0 Å². The van der Waals surface area contributed by atoms with Gasteiger partial charge in [-0.05, 0) is 29.1 Å². The van der Waals surface area contributed by atoms with Crippen molar-refractivity contribution in [2.75, 3.05) is 5.75 Å². The Bertz CT molecular complexity index is 321. The molecule has 0 unspecified atom stereocenters. The maximum atomic E-state index is 5.52. The highest BCUT2D eigenvalue weighted by Gasteiger charge is 2.36. The smallest absolute Gasteiger partial charge is 0.130 e. The Hall–Kier alpha value is -0.630. The molecule has 13 heavy (non-hydrogen) atoms. The number of fused-ring (bicyclic) bond motifs is 1. The molecular formula is C11H14OS. The number of thiol groups is 1. The molecule has 70 valence electrons. The Labute approximate surface area is 84.6 Å². The van der Waals surface area contributed by atoms with Crippen LogP contribution in [-0.2, 0) is 4.74 Å². The maximum absolute atomic E-state index is 5.52. The van der Waals surface area contributed by atoms with Crippen LogP contribution in [0.25, 0.3) is 0 Å². The summed E-state index contributed by atoms with van der Waals surface area (Å²) in [5.74, 6) is 1.84. The van der Waals surface area contributed by atoms with Gasteiger partial charge in [-0.1, -0.05) is 19.9 Å². The Morgan fingerprint density at radius 2 is 2.31 bits per heavy atom. The summed E-state index contributed by atoms with van der Waals surface area (Å²) in [6, 6.07) is 0. The quantitative estimate of drug-likeness (QED) is 0.631. The Kier molecular flexibility index (Phi) is 2.03. The summed E-state index contributed by atoms with van der Waals surface area (Å²) in [7, 11) is 0. The van der Waals surface area contributed by atoms with Crippen LogP contribution < -0.4 is 0 Å². The summed E-state index contributed by atoms with van der Waals surface area (Å²) >= 11 is 4.36. The van der Waals surface area contributed by atoms with E-state index < -0.39 is 0 Å². The molecule has 0 saturated heterocycles. The molecule has 2 heteroatoms. The molecule has 0 aromatic carbocycles. The molecule has 2 rings (SSSR count). The Balaban J connectivity index is 2.46. The third-order valence-corrected chi connectivity index (χ3v) is 3.05. The van der Waals surface area contributed by atoms with Crippen molar-refractivity contribution in [3.05, 3.63) is 35.3 Å². The van der Waals surface area contributed by atoms with Crippen molar-refractivity contribution >= 4 is 12.6 Å². The highest BCUT2D eigenvalue weighted by molar-refractivity contribution is 7.80. The second-order valence-electron chi connectivity index (χ2n) is 4.16. The fraction of sp³-hybridized carbons (Fsp3) is 0.455. The van der Waals surface area contributed by atoms with Gasteiger partial charge in [0.1, 0.15) is 5.76 Å². The van der Waals surface area contributed by atoms with Gasteiger partial charge in [0.2, 0.25) is 0 Å². The van der Waals surface area contributed by atoms with Gasteiger partial charge in [0.25, 0.3) is 0 Å². The summed E-state index contributed by atoms with van der Waals surface area (Å²) in [5, 5.41) is 0. The maximum Gasteiger partial charge on any atom is 0.130 e. The lowest BCUT2D eigenvalue weighted by atomic mass is 9.86. The fourth-order valence-electron chi connectivity index (χ4n) is 1.99. The van der Waals surface area contributed by atoms with Crippen molar-refractivity contribution < 1.29 is 4.74 Å². The summed E-state index contributed by atoms with van der Waals surface area (Å²) in [6.45, 7) is 4.49. The molecule has 0 aromatic heterocycles. The SMILES string of the molecule is CC1(C)CC2=CC=COC2=C1CS. The second-order valence-corrected chi connectivity index (χ2v) is 4.48. The highest BCUT2D eigenvalue weighted by atomic mass is 32.1. The molecule has 1 aliphatic heterocycles. The van der Waals surface area contributed by atoms with Crippen LogP contribution in [0.1, 0.15) is 20.3 Å². The number of ether oxygens (including phenoxy) is 1. The van der Waals surface area contributed by atoms with Crippen molar-refractivity contribution in [3.8, 4) is 0 Å². The second kappa shape index (κ2) is 2.95. The summed E-state index contributed by atoms with van der Waals surface area (Å²) in [6.07, 6.45) is 6.90. The molecule has 1 aliphatic carbocycles. The molecule has 0 amide bonds. The van der Waals surface area contributed by atoms with Gasteiger partial charge < -0.3 is 4.74 Å². The van der Waals surface area contributed by atoms with Crippen LogP contribution in [0.4, 0.5) is 0 Å².